The molecule has 1 atom stereocenters. The van der Waals surface area contributed by atoms with E-state index in [0.717, 1.165) is 25.9 Å². The summed E-state index contributed by atoms with van der Waals surface area (Å²) < 4.78 is 16.6. The van der Waals surface area contributed by atoms with Crippen molar-refractivity contribution in [2.45, 2.75) is 32.3 Å². The van der Waals surface area contributed by atoms with Gasteiger partial charge in [0.05, 0.1) is 11.7 Å². The van der Waals surface area contributed by atoms with Crippen LogP contribution in [0.5, 0.6) is 5.75 Å². The fourth-order valence-electron chi connectivity index (χ4n) is 2.35. The molecule has 1 unspecified atom stereocenters. The molecule has 22 heavy (non-hydrogen) atoms. The maximum absolute atomic E-state index is 12.2. The first kappa shape index (κ1) is 16.8. The molecule has 5 nitrogen and oxygen atoms in total. The fourth-order valence-corrected chi connectivity index (χ4v) is 2.35. The molecule has 2 rings (SSSR count). The fraction of sp³-hybridized carbons (Fsp3) is 0.588. The molecule has 0 aromatic heterocycles. The number of rotatable bonds is 9. The van der Waals surface area contributed by atoms with Crippen LogP contribution in [-0.4, -0.2) is 45.0 Å². The van der Waals surface area contributed by atoms with E-state index in [1.165, 1.54) is 0 Å². The van der Waals surface area contributed by atoms with E-state index < -0.39 is 0 Å². The Morgan fingerprint density at radius 1 is 1.41 bits per heavy atom. The summed E-state index contributed by atoms with van der Waals surface area (Å²) in [6.07, 6.45) is 3.04. The van der Waals surface area contributed by atoms with Gasteiger partial charge in [0.25, 0.3) is 5.91 Å². The van der Waals surface area contributed by atoms with Gasteiger partial charge in [-0.05, 0) is 38.3 Å². The molecule has 5 heteroatoms. The van der Waals surface area contributed by atoms with Crippen LogP contribution in [-0.2, 0) is 9.47 Å². The van der Waals surface area contributed by atoms with Crippen molar-refractivity contribution in [2.75, 3.05) is 33.0 Å². The Labute approximate surface area is 131 Å². The van der Waals surface area contributed by atoms with E-state index in [0.29, 0.717) is 37.7 Å². The van der Waals surface area contributed by atoms with E-state index in [4.69, 9.17) is 14.2 Å². The van der Waals surface area contributed by atoms with Crippen LogP contribution in [0.4, 0.5) is 0 Å². The summed E-state index contributed by atoms with van der Waals surface area (Å²) in [5, 5.41) is 2.90. The standard InChI is InChI=1S/C17H25NO4/c1-2-20-11-6-10-18-17(19)15-8-3-4-9-16(15)22-13-14-7-5-12-21-14/h3-4,8-9,14H,2,5-7,10-13H2,1H3,(H,18,19). The average Bonchev–Trinajstić information content (AvgIpc) is 3.06. The number of amides is 1. The highest BCUT2D eigenvalue weighted by atomic mass is 16.5. The van der Waals surface area contributed by atoms with Crippen molar-refractivity contribution in [3.05, 3.63) is 29.8 Å². The van der Waals surface area contributed by atoms with Gasteiger partial charge in [-0.1, -0.05) is 12.1 Å². The van der Waals surface area contributed by atoms with Crippen molar-refractivity contribution < 1.29 is 19.0 Å². The number of ether oxygens (including phenoxy) is 3. The van der Waals surface area contributed by atoms with Crippen LogP contribution in [0, 0.1) is 0 Å². The summed E-state index contributed by atoms with van der Waals surface area (Å²) in [7, 11) is 0. The third-order valence-corrected chi connectivity index (χ3v) is 3.54. The molecule has 1 aromatic carbocycles. The van der Waals surface area contributed by atoms with Gasteiger partial charge in [0.2, 0.25) is 0 Å². The van der Waals surface area contributed by atoms with Crippen LogP contribution in [0.2, 0.25) is 0 Å². The van der Waals surface area contributed by atoms with E-state index >= 15 is 0 Å². The number of para-hydroxylation sites is 1. The summed E-state index contributed by atoms with van der Waals surface area (Å²) in [6.45, 7) is 5.21. The lowest BCUT2D eigenvalue weighted by Crippen LogP contribution is -2.26. The Hall–Kier alpha value is -1.59. The smallest absolute Gasteiger partial charge is 0.255 e. The van der Waals surface area contributed by atoms with Crippen LogP contribution in [0.1, 0.15) is 36.5 Å². The van der Waals surface area contributed by atoms with Crippen molar-refractivity contribution in [3.8, 4) is 5.75 Å². The molecule has 0 saturated carbocycles. The minimum absolute atomic E-state index is 0.112. The lowest BCUT2D eigenvalue weighted by molar-refractivity contribution is 0.0670. The summed E-state index contributed by atoms with van der Waals surface area (Å²) >= 11 is 0. The predicted molar refractivity (Wildman–Crippen MR) is 84.4 cm³/mol. The average molecular weight is 307 g/mol. The van der Waals surface area contributed by atoms with Gasteiger partial charge >= 0.3 is 0 Å². The van der Waals surface area contributed by atoms with Crippen molar-refractivity contribution in [1.82, 2.24) is 5.32 Å². The quantitative estimate of drug-likeness (QED) is 0.712. The molecule has 1 aliphatic rings. The molecule has 1 heterocycles. The van der Waals surface area contributed by atoms with E-state index in [9.17, 15) is 4.79 Å². The van der Waals surface area contributed by atoms with E-state index in [1.54, 1.807) is 6.07 Å². The van der Waals surface area contributed by atoms with Crippen molar-refractivity contribution in [3.63, 3.8) is 0 Å². The second-order valence-electron chi connectivity index (χ2n) is 5.25. The van der Waals surface area contributed by atoms with Crippen LogP contribution < -0.4 is 10.1 Å². The van der Waals surface area contributed by atoms with E-state index in [2.05, 4.69) is 5.32 Å². The Balaban J connectivity index is 1.82. The molecule has 0 spiro atoms. The van der Waals surface area contributed by atoms with Crippen molar-refractivity contribution in [1.29, 1.82) is 0 Å². The largest absolute Gasteiger partial charge is 0.490 e. The first-order valence-corrected chi connectivity index (χ1v) is 8.00. The molecular formula is C17H25NO4. The zero-order chi connectivity index (χ0) is 15.6. The Kier molecular flexibility index (Phi) is 7.19. The number of nitrogens with one attached hydrogen (secondary N) is 1. The number of carbonyl (C=O) groups excluding carboxylic acids is 1. The third-order valence-electron chi connectivity index (χ3n) is 3.54. The lowest BCUT2D eigenvalue weighted by Gasteiger charge is -2.14. The third kappa shape index (κ3) is 5.31. The monoisotopic (exact) mass is 307 g/mol. The Morgan fingerprint density at radius 3 is 3.05 bits per heavy atom. The van der Waals surface area contributed by atoms with Gasteiger partial charge in [-0.3, -0.25) is 4.79 Å². The molecular weight excluding hydrogens is 282 g/mol. The van der Waals surface area contributed by atoms with Gasteiger partial charge in [-0.2, -0.15) is 0 Å². The Bertz CT molecular complexity index is 458. The van der Waals surface area contributed by atoms with Gasteiger partial charge in [0.1, 0.15) is 12.4 Å². The summed E-state index contributed by atoms with van der Waals surface area (Å²) in [5.74, 6) is 0.500. The van der Waals surface area contributed by atoms with Gasteiger partial charge in [0, 0.05) is 26.4 Å². The van der Waals surface area contributed by atoms with E-state index in [-0.39, 0.29) is 12.0 Å². The molecule has 1 fully saturated rings. The number of hydrogen-bond acceptors (Lipinski definition) is 4. The second kappa shape index (κ2) is 9.43. The van der Waals surface area contributed by atoms with Crippen LogP contribution in [0.25, 0.3) is 0 Å². The molecule has 1 N–H and O–H groups in total. The number of hydrogen-bond donors (Lipinski definition) is 1. The van der Waals surface area contributed by atoms with Gasteiger partial charge in [0.15, 0.2) is 0 Å². The highest BCUT2D eigenvalue weighted by Gasteiger charge is 2.18. The molecule has 1 amide bonds. The molecule has 1 aromatic rings. The van der Waals surface area contributed by atoms with Crippen LogP contribution >= 0.6 is 0 Å². The SMILES string of the molecule is CCOCCCNC(=O)c1ccccc1OCC1CCCO1. The summed E-state index contributed by atoms with van der Waals surface area (Å²) in [4.78, 5) is 12.2. The van der Waals surface area contributed by atoms with Crippen molar-refractivity contribution >= 4 is 5.91 Å². The molecule has 1 aliphatic heterocycles. The maximum atomic E-state index is 12.2. The van der Waals surface area contributed by atoms with Crippen LogP contribution in [0.15, 0.2) is 24.3 Å². The second-order valence-corrected chi connectivity index (χ2v) is 5.25. The maximum Gasteiger partial charge on any atom is 0.255 e. The van der Waals surface area contributed by atoms with Crippen molar-refractivity contribution in [2.24, 2.45) is 0 Å². The number of benzene rings is 1. The summed E-state index contributed by atoms with van der Waals surface area (Å²) in [5.41, 5.74) is 0.567. The van der Waals surface area contributed by atoms with E-state index in [1.807, 2.05) is 25.1 Å². The minimum Gasteiger partial charge on any atom is -0.490 e. The number of carbonyl (C=O) groups is 1. The molecule has 0 radical (unpaired) electrons. The van der Waals surface area contributed by atoms with Gasteiger partial charge in [-0.15, -0.1) is 0 Å². The summed E-state index contributed by atoms with van der Waals surface area (Å²) in [6, 6.07) is 7.32. The first-order valence-electron chi connectivity index (χ1n) is 8.00. The lowest BCUT2D eigenvalue weighted by atomic mass is 10.2. The van der Waals surface area contributed by atoms with Gasteiger partial charge < -0.3 is 19.5 Å². The predicted octanol–water partition coefficient (Wildman–Crippen LogP) is 2.40. The molecule has 122 valence electrons. The molecule has 1 saturated heterocycles. The van der Waals surface area contributed by atoms with Crippen LogP contribution in [0.3, 0.4) is 0 Å². The van der Waals surface area contributed by atoms with Gasteiger partial charge in [-0.25, -0.2) is 0 Å². The highest BCUT2D eigenvalue weighted by Crippen LogP contribution is 2.20. The highest BCUT2D eigenvalue weighted by molar-refractivity contribution is 5.96. The zero-order valence-corrected chi connectivity index (χ0v) is 13.2. The minimum atomic E-state index is -0.112. The zero-order valence-electron chi connectivity index (χ0n) is 13.2. The molecule has 0 aliphatic carbocycles. The molecule has 0 bridgehead atoms. The normalized spacial score (nSPS) is 17.4. The first-order chi connectivity index (χ1) is 10.8. The Morgan fingerprint density at radius 2 is 2.27 bits per heavy atom. The topological polar surface area (TPSA) is 56.8 Å².